The Bertz CT molecular complexity index is 808. The molecule has 0 bridgehead atoms. The number of hydrogen-bond donors (Lipinski definition) is 3. The monoisotopic (exact) mass is 338 g/mol. The van der Waals surface area contributed by atoms with Crippen molar-refractivity contribution in [1.82, 2.24) is 25.1 Å². The van der Waals surface area contributed by atoms with Gasteiger partial charge in [0.1, 0.15) is 5.69 Å². The lowest BCUT2D eigenvalue weighted by molar-refractivity contribution is -0.116. The van der Waals surface area contributed by atoms with Crippen molar-refractivity contribution in [2.75, 3.05) is 5.32 Å². The molecule has 0 aliphatic heterocycles. The van der Waals surface area contributed by atoms with Gasteiger partial charge in [0.2, 0.25) is 5.91 Å². The molecule has 130 valence electrons. The van der Waals surface area contributed by atoms with Gasteiger partial charge in [0.05, 0.1) is 6.33 Å². The molecule has 0 aliphatic rings. The Morgan fingerprint density at radius 1 is 1.16 bits per heavy atom. The number of hydrogen-bond acceptors (Lipinski definition) is 4. The Hall–Kier alpha value is -2.96. The highest BCUT2D eigenvalue weighted by Gasteiger charge is 2.15. The van der Waals surface area contributed by atoms with Gasteiger partial charge in [-0.2, -0.15) is 5.10 Å². The van der Waals surface area contributed by atoms with Crippen molar-refractivity contribution >= 4 is 11.7 Å². The summed E-state index contributed by atoms with van der Waals surface area (Å²) in [5, 5.41) is 9.98. The maximum absolute atomic E-state index is 12.1. The summed E-state index contributed by atoms with van der Waals surface area (Å²) in [4.78, 5) is 23.8. The average Bonchev–Trinajstić information content (AvgIpc) is 3.28. The number of aromatic nitrogens is 5. The highest BCUT2D eigenvalue weighted by molar-refractivity contribution is 5.92. The zero-order valence-corrected chi connectivity index (χ0v) is 14.2. The molecule has 1 amide bonds. The molecule has 1 aromatic carbocycles. The van der Waals surface area contributed by atoms with E-state index in [0.29, 0.717) is 29.6 Å². The van der Waals surface area contributed by atoms with Gasteiger partial charge in [-0.25, -0.2) is 9.97 Å². The van der Waals surface area contributed by atoms with E-state index in [0.717, 1.165) is 31.2 Å². The maximum atomic E-state index is 12.1. The first-order valence-corrected chi connectivity index (χ1v) is 8.59. The van der Waals surface area contributed by atoms with E-state index in [1.54, 1.807) is 0 Å². The molecule has 2 heterocycles. The second kappa shape index (κ2) is 8.23. The first kappa shape index (κ1) is 16.9. The normalized spacial score (nSPS) is 10.8. The van der Waals surface area contributed by atoms with Crippen LogP contribution in [0.15, 0.2) is 36.7 Å². The van der Waals surface area contributed by atoms with Crippen molar-refractivity contribution in [2.45, 2.75) is 39.0 Å². The molecule has 0 unspecified atom stereocenters. The molecule has 25 heavy (non-hydrogen) atoms. The number of carbonyl (C=O) groups is 1. The summed E-state index contributed by atoms with van der Waals surface area (Å²) in [6.07, 6.45) is 6.30. The molecule has 0 radical (unpaired) electrons. The molecule has 0 saturated heterocycles. The van der Waals surface area contributed by atoms with E-state index in [1.165, 1.54) is 6.33 Å². The molecule has 0 fully saturated rings. The standard InChI is InChI=1S/C18H22N6O/c1-2-3-4-8-11-14(25)21-17-15(19-12-20-17)18-22-16(23-24-18)13-9-6-5-7-10-13/h5-7,9-10,12H,2-4,8,11H2,1H3,(H,19,20)(H,21,25)(H,22,23,24). The number of nitrogens with one attached hydrogen (secondary N) is 3. The third-order valence-corrected chi connectivity index (χ3v) is 3.91. The van der Waals surface area contributed by atoms with Gasteiger partial charge >= 0.3 is 0 Å². The van der Waals surface area contributed by atoms with Gasteiger partial charge in [0, 0.05) is 12.0 Å². The van der Waals surface area contributed by atoms with Crippen LogP contribution in [0.4, 0.5) is 5.82 Å². The number of anilines is 1. The lowest BCUT2D eigenvalue weighted by atomic mass is 10.1. The second-order valence-electron chi connectivity index (χ2n) is 5.86. The minimum absolute atomic E-state index is 0.0350. The van der Waals surface area contributed by atoms with Crippen molar-refractivity contribution in [3.8, 4) is 22.9 Å². The maximum Gasteiger partial charge on any atom is 0.225 e. The molecule has 7 nitrogen and oxygen atoms in total. The number of amides is 1. The number of unbranched alkanes of at least 4 members (excludes halogenated alkanes) is 3. The van der Waals surface area contributed by atoms with Gasteiger partial charge in [-0.05, 0) is 6.42 Å². The molecule has 7 heteroatoms. The fourth-order valence-electron chi connectivity index (χ4n) is 2.57. The highest BCUT2D eigenvalue weighted by Crippen LogP contribution is 2.23. The summed E-state index contributed by atoms with van der Waals surface area (Å²) in [7, 11) is 0. The Labute approximate surface area is 146 Å². The Morgan fingerprint density at radius 3 is 2.80 bits per heavy atom. The van der Waals surface area contributed by atoms with Crippen molar-refractivity contribution in [3.63, 3.8) is 0 Å². The highest BCUT2D eigenvalue weighted by atomic mass is 16.1. The number of aromatic amines is 2. The molecule has 0 saturated carbocycles. The number of imidazole rings is 1. The van der Waals surface area contributed by atoms with Crippen LogP contribution in [0.5, 0.6) is 0 Å². The summed E-state index contributed by atoms with van der Waals surface area (Å²) in [6.45, 7) is 2.15. The second-order valence-corrected chi connectivity index (χ2v) is 5.86. The van der Waals surface area contributed by atoms with Gasteiger partial charge in [-0.1, -0.05) is 56.5 Å². The Kier molecular flexibility index (Phi) is 5.56. The third-order valence-electron chi connectivity index (χ3n) is 3.91. The van der Waals surface area contributed by atoms with Crippen LogP contribution in [0.2, 0.25) is 0 Å². The van der Waals surface area contributed by atoms with Gasteiger partial charge in [0.25, 0.3) is 0 Å². The average molecular weight is 338 g/mol. The van der Waals surface area contributed by atoms with E-state index in [4.69, 9.17) is 0 Å². The van der Waals surface area contributed by atoms with Crippen molar-refractivity contribution in [2.24, 2.45) is 0 Å². The van der Waals surface area contributed by atoms with Crippen LogP contribution < -0.4 is 5.32 Å². The summed E-state index contributed by atoms with van der Waals surface area (Å²) in [5.74, 6) is 1.57. The molecule has 0 spiro atoms. The van der Waals surface area contributed by atoms with Crippen LogP contribution in [0, 0.1) is 0 Å². The summed E-state index contributed by atoms with van der Waals surface area (Å²) in [5.41, 5.74) is 1.54. The minimum atomic E-state index is -0.0350. The fourth-order valence-corrected chi connectivity index (χ4v) is 2.57. The summed E-state index contributed by atoms with van der Waals surface area (Å²) in [6, 6.07) is 9.70. The lowest BCUT2D eigenvalue weighted by Crippen LogP contribution is -2.12. The summed E-state index contributed by atoms with van der Waals surface area (Å²) < 4.78 is 0. The number of benzene rings is 1. The molecule has 0 atom stereocenters. The minimum Gasteiger partial charge on any atom is -0.340 e. The van der Waals surface area contributed by atoms with E-state index in [9.17, 15) is 4.79 Å². The van der Waals surface area contributed by atoms with E-state index in [1.807, 2.05) is 30.3 Å². The smallest absolute Gasteiger partial charge is 0.225 e. The van der Waals surface area contributed by atoms with Crippen LogP contribution in [-0.2, 0) is 4.79 Å². The predicted molar refractivity (Wildman–Crippen MR) is 96.8 cm³/mol. The number of carbonyl (C=O) groups excluding carboxylic acids is 1. The molecular weight excluding hydrogens is 316 g/mol. The largest absolute Gasteiger partial charge is 0.340 e. The number of H-pyrrole nitrogens is 2. The van der Waals surface area contributed by atoms with E-state index < -0.39 is 0 Å². The zero-order valence-electron chi connectivity index (χ0n) is 14.2. The van der Waals surface area contributed by atoms with E-state index in [-0.39, 0.29) is 5.91 Å². The molecule has 3 aromatic rings. The number of rotatable bonds is 8. The lowest BCUT2D eigenvalue weighted by Gasteiger charge is -2.03. The van der Waals surface area contributed by atoms with Gasteiger partial charge in [-0.15, -0.1) is 0 Å². The first-order chi connectivity index (χ1) is 12.3. The molecule has 0 aliphatic carbocycles. The molecule has 3 N–H and O–H groups in total. The van der Waals surface area contributed by atoms with Crippen molar-refractivity contribution in [3.05, 3.63) is 36.7 Å². The molecule has 2 aromatic heterocycles. The molecular formula is C18H22N6O. The fraction of sp³-hybridized carbons (Fsp3) is 0.333. The van der Waals surface area contributed by atoms with E-state index >= 15 is 0 Å². The van der Waals surface area contributed by atoms with Crippen LogP contribution >= 0.6 is 0 Å². The van der Waals surface area contributed by atoms with Crippen LogP contribution in [0.3, 0.4) is 0 Å². The van der Waals surface area contributed by atoms with Crippen LogP contribution in [0.1, 0.15) is 39.0 Å². The first-order valence-electron chi connectivity index (χ1n) is 8.59. The Morgan fingerprint density at radius 2 is 2.00 bits per heavy atom. The third kappa shape index (κ3) is 4.32. The Balaban J connectivity index is 1.68. The van der Waals surface area contributed by atoms with Gasteiger partial charge in [-0.3, -0.25) is 9.89 Å². The predicted octanol–water partition coefficient (Wildman–Crippen LogP) is 3.77. The number of nitrogens with zero attached hydrogens (tertiary/aromatic N) is 3. The summed E-state index contributed by atoms with van der Waals surface area (Å²) >= 11 is 0. The van der Waals surface area contributed by atoms with Crippen LogP contribution in [0.25, 0.3) is 22.9 Å². The van der Waals surface area contributed by atoms with E-state index in [2.05, 4.69) is 37.4 Å². The van der Waals surface area contributed by atoms with Crippen LogP contribution in [-0.4, -0.2) is 31.1 Å². The van der Waals surface area contributed by atoms with Crippen molar-refractivity contribution < 1.29 is 4.79 Å². The van der Waals surface area contributed by atoms with Crippen molar-refractivity contribution in [1.29, 1.82) is 0 Å². The van der Waals surface area contributed by atoms with Gasteiger partial charge in [0.15, 0.2) is 17.5 Å². The SMILES string of the molecule is CCCCCCC(=O)Nc1nc[nH]c1-c1nc(-c2ccccc2)n[nH]1. The van der Waals surface area contributed by atoms with Gasteiger partial charge < -0.3 is 10.3 Å². The topological polar surface area (TPSA) is 99.3 Å². The zero-order chi connectivity index (χ0) is 17.5. The molecule has 3 rings (SSSR count). The quantitative estimate of drug-likeness (QED) is 0.544.